The molecule has 24 heavy (non-hydrogen) atoms. The number of anilines is 1. The second-order valence-corrected chi connectivity index (χ2v) is 6.65. The molecular weight excluding hydrogens is 338 g/mol. The summed E-state index contributed by atoms with van der Waals surface area (Å²) in [5, 5.41) is 18.4. The van der Waals surface area contributed by atoms with Gasteiger partial charge in [-0.15, -0.1) is 0 Å². The van der Waals surface area contributed by atoms with Crippen LogP contribution >= 0.6 is 0 Å². The van der Waals surface area contributed by atoms with Crippen LogP contribution in [0.5, 0.6) is 5.75 Å². The van der Waals surface area contributed by atoms with E-state index >= 15 is 0 Å². The average molecular weight is 349 g/mol. The van der Waals surface area contributed by atoms with E-state index in [0.717, 1.165) is 12.1 Å². The number of benzene rings is 2. The van der Waals surface area contributed by atoms with E-state index in [9.17, 15) is 23.1 Å². The van der Waals surface area contributed by atoms with Gasteiger partial charge in [-0.2, -0.15) is 0 Å². The van der Waals surface area contributed by atoms with Crippen molar-refractivity contribution < 1.29 is 33.0 Å². The molecule has 0 saturated carbocycles. The van der Waals surface area contributed by atoms with Crippen LogP contribution < -0.4 is 4.72 Å². The van der Waals surface area contributed by atoms with Crippen molar-refractivity contribution >= 4 is 27.6 Å². The monoisotopic (exact) mass is 349 g/mol. The molecule has 0 atom stereocenters. The van der Waals surface area contributed by atoms with Gasteiger partial charge in [-0.05, 0) is 30.3 Å². The van der Waals surface area contributed by atoms with Crippen LogP contribution in [-0.2, 0) is 21.4 Å². The number of carboxylic acid groups (broad SMARTS) is 1. The van der Waals surface area contributed by atoms with Gasteiger partial charge in [0.2, 0.25) is 0 Å². The van der Waals surface area contributed by atoms with Crippen LogP contribution in [0.15, 0.2) is 41.3 Å². The van der Waals surface area contributed by atoms with E-state index in [0.29, 0.717) is 0 Å². The number of ether oxygens (including phenoxy) is 1. The highest BCUT2D eigenvalue weighted by atomic mass is 32.2. The number of cyclic esters (lactones) is 1. The molecule has 0 bridgehead atoms. The fourth-order valence-corrected chi connectivity index (χ4v) is 3.65. The van der Waals surface area contributed by atoms with E-state index in [1.165, 1.54) is 24.3 Å². The molecule has 3 rings (SSSR count). The summed E-state index contributed by atoms with van der Waals surface area (Å²) in [5.74, 6) is -2.47. The maximum absolute atomic E-state index is 12.5. The molecular formula is C15H11NO7S. The Morgan fingerprint density at radius 1 is 1.21 bits per heavy atom. The summed E-state index contributed by atoms with van der Waals surface area (Å²) >= 11 is 0. The van der Waals surface area contributed by atoms with Crippen molar-refractivity contribution in [1.82, 2.24) is 0 Å². The molecule has 0 saturated heterocycles. The first-order valence-electron chi connectivity index (χ1n) is 6.68. The largest absolute Gasteiger partial charge is 0.507 e. The summed E-state index contributed by atoms with van der Waals surface area (Å²) in [6.07, 6.45) is 0. The van der Waals surface area contributed by atoms with Crippen molar-refractivity contribution in [3.05, 3.63) is 53.1 Å². The van der Waals surface area contributed by atoms with Crippen LogP contribution in [0.3, 0.4) is 0 Å². The first-order valence-corrected chi connectivity index (χ1v) is 8.16. The summed E-state index contributed by atoms with van der Waals surface area (Å²) < 4.78 is 32.2. The van der Waals surface area contributed by atoms with Crippen LogP contribution in [0, 0.1) is 0 Å². The van der Waals surface area contributed by atoms with E-state index in [1.54, 1.807) is 0 Å². The number of hydrogen-bond donors (Lipinski definition) is 3. The predicted octanol–water partition coefficient (Wildman–Crippen LogP) is 1.56. The zero-order chi connectivity index (χ0) is 17.5. The summed E-state index contributed by atoms with van der Waals surface area (Å²) in [6.45, 7) is -0.152. The van der Waals surface area contributed by atoms with Gasteiger partial charge in [0.25, 0.3) is 10.0 Å². The summed E-state index contributed by atoms with van der Waals surface area (Å²) in [6, 6.07) is 7.50. The Kier molecular flexibility index (Phi) is 3.64. The van der Waals surface area contributed by atoms with Crippen LogP contribution in [0.2, 0.25) is 0 Å². The molecule has 0 spiro atoms. The Labute approximate surface area is 136 Å². The summed E-state index contributed by atoms with van der Waals surface area (Å²) in [4.78, 5) is 22.4. The van der Waals surface area contributed by atoms with Gasteiger partial charge in [0.1, 0.15) is 17.9 Å². The number of aromatic hydroxyl groups is 1. The number of hydrogen-bond acceptors (Lipinski definition) is 6. The average Bonchev–Trinajstić information content (AvgIpc) is 2.90. The standard InChI is InChI=1S/C15H11NO7S/c17-12-5-4-8(6-10(12)14(18)19)16-24(21,22)13-3-1-2-9-11(13)7-23-15(9)20/h1-6,16-17H,7H2,(H,18,19). The lowest BCUT2D eigenvalue weighted by Gasteiger charge is -2.11. The normalized spacial score (nSPS) is 13.2. The minimum absolute atomic E-state index is 0.0342. The highest BCUT2D eigenvalue weighted by molar-refractivity contribution is 7.92. The Morgan fingerprint density at radius 3 is 2.67 bits per heavy atom. The number of esters is 1. The Bertz CT molecular complexity index is 966. The van der Waals surface area contributed by atoms with E-state index in [4.69, 9.17) is 9.84 Å². The highest BCUT2D eigenvalue weighted by Gasteiger charge is 2.29. The molecule has 3 N–H and O–H groups in total. The second kappa shape index (κ2) is 5.53. The number of carbonyl (C=O) groups is 2. The van der Waals surface area contributed by atoms with Crippen LogP contribution in [-0.4, -0.2) is 30.6 Å². The molecule has 9 heteroatoms. The number of carbonyl (C=O) groups excluding carboxylic acids is 1. The molecule has 1 aliphatic rings. The second-order valence-electron chi connectivity index (χ2n) is 5.00. The van der Waals surface area contributed by atoms with Crippen molar-refractivity contribution in [1.29, 1.82) is 0 Å². The van der Waals surface area contributed by atoms with Gasteiger partial charge in [0.15, 0.2) is 0 Å². The van der Waals surface area contributed by atoms with E-state index in [1.807, 2.05) is 0 Å². The van der Waals surface area contributed by atoms with Crippen molar-refractivity contribution in [2.45, 2.75) is 11.5 Å². The zero-order valence-electron chi connectivity index (χ0n) is 12.0. The van der Waals surface area contributed by atoms with Crippen LogP contribution in [0.4, 0.5) is 5.69 Å². The lowest BCUT2D eigenvalue weighted by molar-refractivity contribution is 0.0533. The highest BCUT2D eigenvalue weighted by Crippen LogP contribution is 2.29. The third kappa shape index (κ3) is 2.65. The van der Waals surface area contributed by atoms with Crippen molar-refractivity contribution in [3.63, 3.8) is 0 Å². The molecule has 2 aromatic rings. The van der Waals surface area contributed by atoms with Crippen molar-refractivity contribution in [3.8, 4) is 5.75 Å². The quantitative estimate of drug-likeness (QED) is 0.564. The molecule has 0 aromatic heterocycles. The SMILES string of the molecule is O=C(O)c1cc(NS(=O)(=O)c2cccc3c2COC3=O)ccc1O. The fraction of sp³-hybridized carbons (Fsp3) is 0.0667. The Morgan fingerprint density at radius 2 is 1.96 bits per heavy atom. The smallest absolute Gasteiger partial charge is 0.339 e. The third-order valence-electron chi connectivity index (χ3n) is 3.47. The molecule has 8 nitrogen and oxygen atoms in total. The minimum Gasteiger partial charge on any atom is -0.507 e. The number of rotatable bonds is 4. The lowest BCUT2D eigenvalue weighted by Crippen LogP contribution is -2.15. The topological polar surface area (TPSA) is 130 Å². The first kappa shape index (κ1) is 15.8. The van der Waals surface area contributed by atoms with Gasteiger partial charge in [0.05, 0.1) is 10.5 Å². The Balaban J connectivity index is 2.01. The van der Waals surface area contributed by atoms with Crippen molar-refractivity contribution in [2.75, 3.05) is 4.72 Å². The maximum atomic E-state index is 12.5. The molecule has 1 aliphatic heterocycles. The maximum Gasteiger partial charge on any atom is 0.339 e. The zero-order valence-corrected chi connectivity index (χ0v) is 12.8. The van der Waals surface area contributed by atoms with E-state index < -0.39 is 33.3 Å². The minimum atomic E-state index is -4.07. The molecule has 1 heterocycles. The first-order chi connectivity index (χ1) is 11.3. The van der Waals surface area contributed by atoms with Crippen LogP contribution in [0.25, 0.3) is 0 Å². The van der Waals surface area contributed by atoms with Gasteiger partial charge < -0.3 is 14.9 Å². The molecule has 124 valence electrons. The number of phenols is 1. The predicted molar refractivity (Wildman–Crippen MR) is 81.4 cm³/mol. The molecule has 2 aromatic carbocycles. The number of carboxylic acids is 1. The summed E-state index contributed by atoms with van der Waals surface area (Å²) in [7, 11) is -4.07. The fourth-order valence-electron chi connectivity index (χ4n) is 2.35. The Hall–Kier alpha value is -3.07. The van der Waals surface area contributed by atoms with Crippen molar-refractivity contribution in [2.24, 2.45) is 0 Å². The van der Waals surface area contributed by atoms with Gasteiger partial charge >= 0.3 is 11.9 Å². The van der Waals surface area contributed by atoms with Gasteiger partial charge in [-0.25, -0.2) is 18.0 Å². The van der Waals surface area contributed by atoms with Crippen LogP contribution in [0.1, 0.15) is 26.3 Å². The number of fused-ring (bicyclic) bond motifs is 1. The molecule has 0 amide bonds. The van der Waals surface area contributed by atoms with Gasteiger partial charge in [-0.1, -0.05) is 6.07 Å². The van der Waals surface area contributed by atoms with Gasteiger partial charge in [-0.3, -0.25) is 4.72 Å². The number of sulfonamides is 1. The molecule has 0 radical (unpaired) electrons. The number of nitrogens with one attached hydrogen (secondary N) is 1. The third-order valence-corrected chi connectivity index (χ3v) is 4.94. The lowest BCUT2D eigenvalue weighted by atomic mass is 10.1. The molecule has 0 unspecified atom stereocenters. The van der Waals surface area contributed by atoms with E-state index in [-0.39, 0.29) is 28.3 Å². The van der Waals surface area contributed by atoms with Gasteiger partial charge in [0, 0.05) is 11.3 Å². The number of aromatic carboxylic acids is 1. The molecule has 0 fully saturated rings. The molecule has 0 aliphatic carbocycles. The summed E-state index contributed by atoms with van der Waals surface area (Å²) in [5.41, 5.74) is -0.0536. The van der Waals surface area contributed by atoms with E-state index in [2.05, 4.69) is 4.72 Å².